The lowest BCUT2D eigenvalue weighted by molar-refractivity contribution is -0.161. The number of ether oxygens (including phenoxy) is 3. The summed E-state index contributed by atoms with van der Waals surface area (Å²) in [6.45, 7) is 2.41. The Labute approximate surface area is 663 Å². The molecule has 16 nitrogen and oxygen atoms in total. The van der Waals surface area contributed by atoms with E-state index in [0.29, 0.717) is 19.3 Å². The maximum atomic E-state index is 13.0. The van der Waals surface area contributed by atoms with Gasteiger partial charge in [-0.1, -0.05) is 333 Å². The van der Waals surface area contributed by atoms with Gasteiger partial charge in [-0.2, -0.15) is 0 Å². The number of carbonyl (C=O) groups is 3. The molecule has 0 bridgehead atoms. The van der Waals surface area contributed by atoms with Crippen molar-refractivity contribution in [2.45, 2.75) is 360 Å². The number of esters is 3. The van der Waals surface area contributed by atoms with Crippen molar-refractivity contribution in [1.29, 1.82) is 0 Å². The van der Waals surface area contributed by atoms with E-state index in [1.54, 1.807) is 0 Å². The molecule has 0 heterocycles. The SMILES string of the molecule is CC/C=C\C/C=C\C/C=C\C/C=C\C/C=C\CCCCCCCCCCCC(=O)OCC(COP(=O)(O)OCC(O)COP(=O)(O)OCC(O)COC(=O)CCCCCCCCCCCCCCCCC/C=C\C/C=C\C/C=C\C/C=C\CCCCC)OC(=O)CCCCCC/C=C\C/C=C\C/C=C\C/C=C\CC. The van der Waals surface area contributed by atoms with Crippen molar-refractivity contribution >= 4 is 33.6 Å². The van der Waals surface area contributed by atoms with Gasteiger partial charge in [-0.05, 0) is 148 Å². The lowest BCUT2D eigenvalue weighted by Crippen LogP contribution is -2.30. The summed E-state index contributed by atoms with van der Waals surface area (Å²) in [6, 6.07) is 0. The van der Waals surface area contributed by atoms with Crippen LogP contribution in [0.15, 0.2) is 158 Å². The van der Waals surface area contributed by atoms with Crippen LogP contribution in [-0.4, -0.2) is 95.9 Å². The molecule has 5 unspecified atom stereocenters. The smallest absolute Gasteiger partial charge is 0.463 e. The van der Waals surface area contributed by atoms with Gasteiger partial charge >= 0.3 is 33.6 Å². The molecule has 0 aliphatic rings. The molecule has 0 fully saturated rings. The van der Waals surface area contributed by atoms with Gasteiger partial charge in [0.1, 0.15) is 25.4 Å². The topological polar surface area (TPSA) is 231 Å². The molecule has 0 rings (SSSR count). The number of rotatable bonds is 80. The normalized spacial score (nSPS) is 14.7. The average molecular weight is 1570 g/mol. The number of phosphoric ester groups is 2. The Bertz CT molecular complexity index is 2610. The summed E-state index contributed by atoms with van der Waals surface area (Å²) in [6.07, 6.45) is 104. The third-order valence-corrected chi connectivity index (χ3v) is 19.6. The predicted molar refractivity (Wildman–Crippen MR) is 454 cm³/mol. The number of hydrogen-bond donors (Lipinski definition) is 4. The van der Waals surface area contributed by atoms with Gasteiger partial charge in [0, 0.05) is 19.3 Å². The van der Waals surface area contributed by atoms with E-state index >= 15 is 0 Å². The monoisotopic (exact) mass is 1570 g/mol. The van der Waals surface area contributed by atoms with Crippen molar-refractivity contribution in [3.8, 4) is 0 Å². The second-order valence-electron chi connectivity index (χ2n) is 28.2. The van der Waals surface area contributed by atoms with Crippen molar-refractivity contribution in [3.05, 3.63) is 158 Å². The quantitative estimate of drug-likeness (QED) is 0.0146. The van der Waals surface area contributed by atoms with Crippen LogP contribution in [0.4, 0.5) is 0 Å². The van der Waals surface area contributed by atoms with Crippen molar-refractivity contribution in [1.82, 2.24) is 0 Å². The van der Waals surface area contributed by atoms with Gasteiger partial charge < -0.3 is 34.2 Å². The van der Waals surface area contributed by atoms with Crippen molar-refractivity contribution in [3.63, 3.8) is 0 Å². The fraction of sp³-hybridized carbons (Fsp3) is 0.681. The van der Waals surface area contributed by atoms with Gasteiger partial charge in [-0.15, -0.1) is 0 Å². The Morgan fingerprint density at radius 1 is 0.266 bits per heavy atom. The highest BCUT2D eigenvalue weighted by atomic mass is 31.2. The minimum atomic E-state index is -4.95. The molecule has 0 amide bonds. The predicted octanol–water partition coefficient (Wildman–Crippen LogP) is 25.8. The van der Waals surface area contributed by atoms with Crippen LogP contribution in [0.1, 0.15) is 342 Å². The van der Waals surface area contributed by atoms with E-state index in [1.165, 1.54) is 128 Å². The molecule has 0 radical (unpaired) electrons. The van der Waals surface area contributed by atoms with Crippen LogP contribution in [0.25, 0.3) is 0 Å². The van der Waals surface area contributed by atoms with Crippen LogP contribution in [0, 0.1) is 0 Å². The lowest BCUT2D eigenvalue weighted by atomic mass is 10.0. The third kappa shape index (κ3) is 83.9. The standard InChI is InChI=1S/C91H154O16P2/c1-4-7-10-13-16-19-22-25-28-31-33-35-37-39-40-41-42-43-44-46-48-49-51-54-56-59-62-65-68-71-74-77-89(94)101-80-86(92)81-103-108(97,98)104-82-87(93)83-105-109(99,100)106-85-88(107-91(96)79-76-73-70-67-64-61-58-53-30-27-24-21-18-15-12-9-6-3)84-102-90(95)78-75-72-69-66-63-60-57-55-52-50-47-45-38-36-34-32-29-26-23-20-17-14-11-8-5-2/h8-9,11-12,16-21,25-30,33-36,39-40,45,47,58,61,86-88,92-93H,4-7,10,13-15,22-24,31-32,37-38,41-44,46,48-57,59-60,62-85H2,1-3H3,(H,97,98)(H,99,100)/b11-8-,12-9-,19-16-,20-17-,21-18-,28-25-,29-26-,30-27-,35-33-,36-34-,40-39-,47-45-,61-58-. The second-order valence-corrected chi connectivity index (χ2v) is 31.1. The molecule has 624 valence electrons. The van der Waals surface area contributed by atoms with E-state index in [1.807, 2.05) is 0 Å². The summed E-state index contributed by atoms with van der Waals surface area (Å²) >= 11 is 0. The summed E-state index contributed by atoms with van der Waals surface area (Å²) in [4.78, 5) is 58.8. The number of phosphoric acid groups is 2. The zero-order valence-electron chi connectivity index (χ0n) is 68.4. The third-order valence-electron chi connectivity index (χ3n) is 17.7. The van der Waals surface area contributed by atoms with Gasteiger partial charge in [0.25, 0.3) is 0 Å². The van der Waals surface area contributed by atoms with Crippen LogP contribution >= 0.6 is 15.6 Å². The molecule has 0 spiro atoms. The molecule has 0 aromatic heterocycles. The largest absolute Gasteiger partial charge is 0.472 e. The highest BCUT2D eigenvalue weighted by Crippen LogP contribution is 2.45. The maximum Gasteiger partial charge on any atom is 0.472 e. The van der Waals surface area contributed by atoms with Gasteiger partial charge in [0.2, 0.25) is 0 Å². The fourth-order valence-corrected chi connectivity index (χ4v) is 12.9. The number of carbonyl (C=O) groups excluding carboxylic acids is 3. The van der Waals surface area contributed by atoms with E-state index in [0.717, 1.165) is 154 Å². The number of unbranched alkanes of at least 4 members (excludes halogenated alkanes) is 31. The lowest BCUT2D eigenvalue weighted by Gasteiger charge is -2.21. The molecule has 5 atom stereocenters. The van der Waals surface area contributed by atoms with Crippen LogP contribution in [0.2, 0.25) is 0 Å². The van der Waals surface area contributed by atoms with E-state index < -0.39 is 91.5 Å². The van der Waals surface area contributed by atoms with Crippen LogP contribution in [0.5, 0.6) is 0 Å². The molecule has 0 aliphatic carbocycles. The number of allylic oxidation sites excluding steroid dienone is 26. The molecule has 109 heavy (non-hydrogen) atoms. The first kappa shape index (κ1) is 104. The zero-order chi connectivity index (χ0) is 79.4. The highest BCUT2D eigenvalue weighted by molar-refractivity contribution is 7.47. The Kier molecular flexibility index (Phi) is 79.0. The Morgan fingerprint density at radius 2 is 0.486 bits per heavy atom. The molecule has 0 saturated heterocycles. The van der Waals surface area contributed by atoms with Gasteiger partial charge in [0.15, 0.2) is 6.10 Å². The van der Waals surface area contributed by atoms with Crippen LogP contribution in [-0.2, 0) is 55.8 Å². The number of aliphatic hydroxyl groups excluding tert-OH is 2. The first-order chi connectivity index (χ1) is 53.2. The Hall–Kier alpha value is -4.83. The summed E-state index contributed by atoms with van der Waals surface area (Å²) in [7, 11) is -9.81. The molecule has 4 N–H and O–H groups in total. The van der Waals surface area contributed by atoms with Crippen LogP contribution < -0.4 is 0 Å². The Balaban J connectivity index is 4.55. The van der Waals surface area contributed by atoms with Crippen molar-refractivity contribution in [2.24, 2.45) is 0 Å². The van der Waals surface area contributed by atoms with Gasteiger partial charge in [0.05, 0.1) is 26.4 Å². The summed E-state index contributed by atoms with van der Waals surface area (Å²) in [5.74, 6) is -1.61. The summed E-state index contributed by atoms with van der Waals surface area (Å²) in [5.41, 5.74) is 0. The Morgan fingerprint density at radius 3 is 0.771 bits per heavy atom. The maximum absolute atomic E-state index is 13.0. The minimum absolute atomic E-state index is 0.0708. The molecular formula is C91H154O16P2. The zero-order valence-corrected chi connectivity index (χ0v) is 70.2. The molecule has 0 aromatic rings. The van der Waals surface area contributed by atoms with Crippen molar-refractivity contribution in [2.75, 3.05) is 39.6 Å². The average Bonchev–Trinajstić information content (AvgIpc) is 0.906. The first-order valence-electron chi connectivity index (χ1n) is 42.8. The van der Waals surface area contributed by atoms with Gasteiger partial charge in [-0.25, -0.2) is 9.13 Å². The molecule has 0 aromatic carbocycles. The summed E-state index contributed by atoms with van der Waals surface area (Å²) < 4.78 is 61.3. The van der Waals surface area contributed by atoms with Crippen LogP contribution in [0.3, 0.4) is 0 Å². The molecule has 0 aliphatic heterocycles. The van der Waals surface area contributed by atoms with E-state index in [9.17, 15) is 43.5 Å². The number of aliphatic hydroxyl groups is 2. The number of hydrogen-bond acceptors (Lipinski definition) is 14. The molecule has 0 saturated carbocycles. The fourth-order valence-electron chi connectivity index (χ4n) is 11.3. The first-order valence-corrected chi connectivity index (χ1v) is 45.8. The van der Waals surface area contributed by atoms with E-state index in [4.69, 9.17) is 32.3 Å². The van der Waals surface area contributed by atoms with Gasteiger partial charge in [-0.3, -0.25) is 32.5 Å². The van der Waals surface area contributed by atoms with E-state index in [2.05, 4.69) is 179 Å². The highest BCUT2D eigenvalue weighted by Gasteiger charge is 2.29. The summed E-state index contributed by atoms with van der Waals surface area (Å²) in [5, 5.41) is 20.7. The molecular weight excluding hydrogens is 1410 g/mol. The minimum Gasteiger partial charge on any atom is -0.463 e. The second kappa shape index (κ2) is 82.6. The van der Waals surface area contributed by atoms with Crippen molar-refractivity contribution < 1.29 is 75.8 Å². The molecule has 18 heteroatoms. The van der Waals surface area contributed by atoms with E-state index in [-0.39, 0.29) is 19.3 Å².